The predicted molar refractivity (Wildman–Crippen MR) is 560 cm³/mol. The zero-order valence-electron chi connectivity index (χ0n) is 82.7. The quantitative estimate of drug-likeness (QED) is 0.0506. The molecule has 7 aliphatic rings. The van der Waals surface area contributed by atoms with E-state index in [1.807, 2.05) is 255 Å². The summed E-state index contributed by atoms with van der Waals surface area (Å²) in [4.78, 5) is 0. The van der Waals surface area contributed by atoms with Crippen molar-refractivity contribution < 1.29 is 0 Å². The Morgan fingerprint density at radius 1 is 0.177 bits per heavy atom. The van der Waals surface area contributed by atoms with Crippen LogP contribution < -0.4 is 80.3 Å². The van der Waals surface area contributed by atoms with E-state index in [1.165, 1.54) is 280 Å². The van der Waals surface area contributed by atoms with Gasteiger partial charge in [0.2, 0.25) is 0 Å². The van der Waals surface area contributed by atoms with Gasteiger partial charge in [-0.3, -0.25) is 0 Å². The Kier molecular flexibility index (Phi) is 120. The van der Waals surface area contributed by atoms with Crippen LogP contribution in [0.25, 0.3) is 0 Å². The van der Waals surface area contributed by atoms with Crippen molar-refractivity contribution in [2.45, 2.75) is 298 Å². The molecule has 124 heavy (non-hydrogen) atoms. The fourth-order valence-corrected chi connectivity index (χ4v) is 15.0. The highest BCUT2D eigenvalue weighted by atomic mass is 14.6. The van der Waals surface area contributed by atoms with Gasteiger partial charge in [-0.15, -0.1) is 0 Å². The molecule has 7 fully saturated rings. The number of hydrogen-bond acceptors (Lipinski definition) is 14. The second-order valence-electron chi connectivity index (χ2n) is 32.9. The van der Waals surface area contributed by atoms with Crippen LogP contribution in [0.1, 0.15) is 280 Å². The van der Waals surface area contributed by atoms with Crippen LogP contribution >= 0.6 is 0 Å². The van der Waals surface area contributed by atoms with E-state index in [1.54, 1.807) is 0 Å². The Labute approximate surface area is 768 Å². The first-order valence-electron chi connectivity index (χ1n) is 48.9. The van der Waals surface area contributed by atoms with E-state index in [9.17, 15) is 0 Å². The van der Waals surface area contributed by atoms with E-state index in [0.717, 1.165) is 91.3 Å². The predicted octanol–water partition coefficient (Wildman–Crippen LogP) is 23.6. The van der Waals surface area contributed by atoms with Crippen molar-refractivity contribution in [3.8, 4) is 0 Å². The molecule has 0 amide bonds. The van der Waals surface area contributed by atoms with E-state index in [-0.39, 0.29) is 0 Å². The molecule has 0 heterocycles. The van der Waals surface area contributed by atoms with E-state index in [0.29, 0.717) is 18.1 Å². The first-order chi connectivity index (χ1) is 60.8. The van der Waals surface area contributed by atoms with Crippen molar-refractivity contribution in [3.05, 3.63) is 255 Å². The highest BCUT2D eigenvalue weighted by Gasteiger charge is 2.22. The Hall–Kier alpha value is -6.02. The molecule has 0 unspecified atom stereocenters. The van der Waals surface area contributed by atoms with Crippen molar-refractivity contribution in [3.63, 3.8) is 0 Å². The summed E-state index contributed by atoms with van der Waals surface area (Å²) in [7, 11) is 10.5. The van der Waals surface area contributed by atoms with E-state index >= 15 is 0 Å². The Morgan fingerprint density at radius 2 is 0.331 bits per heavy atom. The van der Waals surface area contributed by atoms with Gasteiger partial charge in [-0.25, -0.2) is 0 Å². The van der Waals surface area contributed by atoms with Gasteiger partial charge in [0, 0.05) is 18.1 Å². The zero-order valence-corrected chi connectivity index (χ0v) is 82.7. The standard InChI is InChI=1S/C11H23N.3C9H19N.2C8H17N.C7H15N.7C6H6.7CH5N/c1-10-5-7-11(8-6-10)4-2-3-9-12;1-8-2-4-9(5-3-8)6-7-10;1-2-8-3-5-9(7-10)6-4-8;1-2-3-8-4-6-9(10)7-5-8;1-7-2-4-8(6-9)5-3-7;1-2-7-3-5-8(9)6-4-7;1-6-2-4-7(8)5-3-6;7*1-2-4-6-5-3-1;7*1-2/h10-11H,2-9,12H2,1H3;3*8-9H,2-7,10H2,1H3;2*7-8H,2-6,9H2,1H3;6-7H,2-5,8H2,1H3;7*1-6H;7*2H2,1H3. The normalized spacial score (nSPS) is 22.2. The Morgan fingerprint density at radius 3 is 0.508 bits per heavy atom. The first-order valence-corrected chi connectivity index (χ1v) is 48.9. The highest BCUT2D eigenvalue weighted by Crippen LogP contribution is 2.33. The Balaban J connectivity index is -0.000000236. The van der Waals surface area contributed by atoms with Crippen molar-refractivity contribution in [2.24, 2.45) is 145 Å². The molecule has 7 aromatic rings. The summed E-state index contributed by atoms with van der Waals surface area (Å²) in [5.41, 5.74) is 70.8. The topological polar surface area (TPSA) is 364 Å². The summed E-state index contributed by atoms with van der Waals surface area (Å²) < 4.78 is 0. The van der Waals surface area contributed by atoms with Crippen LogP contribution in [0.15, 0.2) is 255 Å². The maximum absolute atomic E-state index is 5.79. The van der Waals surface area contributed by atoms with Crippen molar-refractivity contribution in [1.29, 1.82) is 0 Å². The fourth-order valence-electron chi connectivity index (χ4n) is 15.0. The molecule has 0 atom stereocenters. The van der Waals surface area contributed by atoms with Crippen LogP contribution in [-0.2, 0) is 0 Å². The van der Waals surface area contributed by atoms with Gasteiger partial charge in [0.05, 0.1) is 0 Å². The van der Waals surface area contributed by atoms with Gasteiger partial charge in [-0.05, 0) is 256 Å². The molecule has 0 aromatic heterocycles. The molecule has 14 nitrogen and oxygen atoms in total. The molecule has 716 valence electrons. The molecule has 7 saturated carbocycles. The largest absolute Gasteiger partial charge is 0.333 e. The fraction of sp³-hybridized carbons (Fsp3) is 0.618. The van der Waals surface area contributed by atoms with Crippen molar-refractivity contribution in [2.75, 3.05) is 75.5 Å². The molecule has 14 heteroatoms. The molecule has 0 aliphatic heterocycles. The Bertz CT molecular complexity index is 2170. The molecular weight excluding hydrogens is 1520 g/mol. The summed E-state index contributed by atoms with van der Waals surface area (Å²) in [6, 6.07) is 85.6. The monoisotopic (exact) mass is 1720 g/mol. The van der Waals surface area contributed by atoms with Gasteiger partial charge in [0.1, 0.15) is 0 Å². The summed E-state index contributed by atoms with van der Waals surface area (Å²) in [5.74, 6) is 10.6. The lowest BCUT2D eigenvalue weighted by molar-refractivity contribution is 0.272. The third-order valence-electron chi connectivity index (χ3n) is 23.0. The highest BCUT2D eigenvalue weighted by molar-refractivity contribution is 5.03. The lowest BCUT2D eigenvalue weighted by Crippen LogP contribution is -2.26. The molecule has 0 saturated heterocycles. The van der Waals surface area contributed by atoms with Crippen LogP contribution in [0.4, 0.5) is 0 Å². The third-order valence-corrected chi connectivity index (χ3v) is 23.0. The summed E-state index contributed by atoms with van der Waals surface area (Å²) in [6.07, 6.45) is 49.3. The maximum Gasteiger partial charge on any atom is 0.00390 e. The van der Waals surface area contributed by atoms with Crippen molar-refractivity contribution in [1.82, 2.24) is 0 Å². The molecule has 0 spiro atoms. The van der Waals surface area contributed by atoms with Gasteiger partial charge in [-0.2, -0.15) is 0 Å². The second-order valence-corrected chi connectivity index (χ2v) is 32.9. The summed E-state index contributed by atoms with van der Waals surface area (Å²) in [5, 5.41) is 0. The van der Waals surface area contributed by atoms with Crippen LogP contribution in [0.5, 0.6) is 0 Å². The third kappa shape index (κ3) is 98.2. The first kappa shape index (κ1) is 131. The SMILES string of the molecule is CC1CCC(CCCCN)CC1.CC1CCC(CCN)CC1.CC1CCC(CN)CC1.CC1CCC(N)CC1.CCC1CCC(CN)CC1.CCC1CCC(N)CC1.CCCC1CCC(N)CC1.CN.CN.CN.CN.CN.CN.CN.c1ccccc1.c1ccccc1.c1ccccc1.c1ccccc1.c1ccccc1.c1ccccc1.c1ccccc1. The van der Waals surface area contributed by atoms with Gasteiger partial charge >= 0.3 is 0 Å². The molecule has 14 rings (SSSR count). The van der Waals surface area contributed by atoms with Crippen LogP contribution in [0.3, 0.4) is 0 Å². The maximum atomic E-state index is 5.79. The number of nitrogens with two attached hydrogens (primary N) is 14. The number of unbranched alkanes of at least 4 members (excludes halogenated alkanes) is 1. The summed E-state index contributed by atoms with van der Waals surface area (Å²) in [6.45, 7) is 19.8. The second kappa shape index (κ2) is 113. The summed E-state index contributed by atoms with van der Waals surface area (Å²) >= 11 is 0. The molecule has 7 aliphatic carbocycles. The molecule has 0 radical (unpaired) electrons. The minimum Gasteiger partial charge on any atom is -0.333 e. The van der Waals surface area contributed by atoms with Gasteiger partial charge in [0.25, 0.3) is 0 Å². The average molecular weight is 1720 g/mol. The van der Waals surface area contributed by atoms with Crippen LogP contribution in [-0.4, -0.2) is 93.6 Å². The number of rotatable bonds is 12. The van der Waals surface area contributed by atoms with Crippen LogP contribution in [0, 0.1) is 65.1 Å². The molecular formula is C110H206N14. The van der Waals surface area contributed by atoms with Gasteiger partial charge < -0.3 is 80.3 Å². The lowest BCUT2D eigenvalue weighted by atomic mass is 9.81. The lowest BCUT2D eigenvalue weighted by Gasteiger charge is -2.26. The number of benzene rings is 7. The zero-order chi connectivity index (χ0) is 94.1. The molecule has 0 bridgehead atoms. The van der Waals surface area contributed by atoms with E-state index in [4.69, 9.17) is 40.1 Å². The minimum absolute atomic E-state index is 0.520. The average Bonchev–Trinajstić information content (AvgIpc) is 0.954. The molecule has 7 aromatic carbocycles. The van der Waals surface area contributed by atoms with E-state index in [2.05, 4.69) is 88.6 Å². The van der Waals surface area contributed by atoms with Gasteiger partial charge in [0.15, 0.2) is 0 Å². The minimum atomic E-state index is 0.520. The van der Waals surface area contributed by atoms with E-state index < -0.39 is 0 Å². The molecule has 28 N–H and O–H groups in total. The van der Waals surface area contributed by atoms with Crippen molar-refractivity contribution >= 4 is 0 Å². The smallest absolute Gasteiger partial charge is 0.00390 e. The number of hydrogen-bond donors (Lipinski definition) is 14. The van der Waals surface area contributed by atoms with Gasteiger partial charge in [-0.1, -0.05) is 419 Å². The van der Waals surface area contributed by atoms with Crippen LogP contribution in [0.2, 0.25) is 0 Å².